The van der Waals surface area contributed by atoms with E-state index in [2.05, 4.69) is 53.6 Å². The van der Waals surface area contributed by atoms with Crippen molar-refractivity contribution in [1.82, 2.24) is 5.32 Å². The quantitative estimate of drug-likeness (QED) is 0.810. The molecule has 24 heavy (non-hydrogen) atoms. The van der Waals surface area contributed by atoms with E-state index >= 15 is 0 Å². The van der Waals surface area contributed by atoms with Crippen LogP contribution < -0.4 is 26.8 Å². The van der Waals surface area contributed by atoms with Crippen molar-refractivity contribution in [2.45, 2.75) is 18.9 Å². The van der Waals surface area contributed by atoms with Crippen LogP contribution in [0.2, 0.25) is 0 Å². The van der Waals surface area contributed by atoms with E-state index < -0.39 is 0 Å². The molecule has 1 fully saturated rings. The smallest absolute Gasteiger partial charge is 0.0442 e. The fourth-order valence-electron chi connectivity index (χ4n) is 3.23. The summed E-state index contributed by atoms with van der Waals surface area (Å²) in [6.07, 6.45) is 7.76. The van der Waals surface area contributed by atoms with Gasteiger partial charge in [0.15, 0.2) is 0 Å². The molecule has 0 aliphatic carbocycles. The van der Waals surface area contributed by atoms with Crippen molar-refractivity contribution >= 4 is 18.0 Å². The van der Waals surface area contributed by atoms with Crippen molar-refractivity contribution in [3.8, 4) is 11.1 Å². The Hall–Kier alpha value is -2.52. The van der Waals surface area contributed by atoms with Gasteiger partial charge in [0.2, 0.25) is 0 Å². The highest BCUT2D eigenvalue weighted by atomic mass is 15.0. The Labute approximate surface area is 143 Å². The van der Waals surface area contributed by atoms with E-state index in [1.807, 2.05) is 18.2 Å². The third kappa shape index (κ3) is 3.69. The molecule has 1 aliphatic rings. The van der Waals surface area contributed by atoms with Crippen LogP contribution in [0.25, 0.3) is 23.4 Å². The molecule has 0 amide bonds. The van der Waals surface area contributed by atoms with Crippen LogP contribution >= 0.6 is 0 Å². The fourth-order valence-corrected chi connectivity index (χ4v) is 3.23. The molecule has 0 atom stereocenters. The molecule has 0 spiro atoms. The molecule has 3 rings (SSSR count). The van der Waals surface area contributed by atoms with Crippen LogP contribution in [0.5, 0.6) is 0 Å². The minimum atomic E-state index is 0.479. The third-order valence-corrected chi connectivity index (χ3v) is 4.48. The van der Waals surface area contributed by atoms with E-state index in [0.717, 1.165) is 42.1 Å². The maximum atomic E-state index is 5.94. The van der Waals surface area contributed by atoms with Gasteiger partial charge in [-0.1, -0.05) is 49.1 Å². The van der Waals surface area contributed by atoms with Crippen molar-refractivity contribution in [2.75, 3.05) is 18.4 Å². The summed E-state index contributed by atoms with van der Waals surface area (Å²) in [6, 6.07) is 15.3. The van der Waals surface area contributed by atoms with Gasteiger partial charge < -0.3 is 16.4 Å². The third-order valence-electron chi connectivity index (χ3n) is 4.48. The molecule has 2 aromatic rings. The Balaban J connectivity index is 2.09. The van der Waals surface area contributed by atoms with Gasteiger partial charge in [0.25, 0.3) is 0 Å². The Morgan fingerprint density at radius 2 is 1.83 bits per heavy atom. The zero-order valence-electron chi connectivity index (χ0n) is 14.0. The van der Waals surface area contributed by atoms with Crippen molar-refractivity contribution in [3.63, 3.8) is 0 Å². The monoisotopic (exact) mass is 319 g/mol. The minimum Gasteiger partial charge on any atom is -0.404 e. The fraction of sp³-hybridized carbons (Fsp3) is 0.238. The molecule has 0 radical (unpaired) electrons. The van der Waals surface area contributed by atoms with Crippen molar-refractivity contribution in [2.24, 2.45) is 5.73 Å². The normalized spacial score (nSPS) is 17.0. The van der Waals surface area contributed by atoms with Gasteiger partial charge in [0.05, 0.1) is 0 Å². The van der Waals surface area contributed by atoms with Crippen LogP contribution in [-0.4, -0.2) is 19.1 Å². The number of hydrogen-bond donors (Lipinski definition) is 3. The molecule has 3 nitrogen and oxygen atoms in total. The predicted molar refractivity (Wildman–Crippen MR) is 104 cm³/mol. The molecule has 1 heterocycles. The summed E-state index contributed by atoms with van der Waals surface area (Å²) in [5.41, 5.74) is 9.43. The Bertz CT molecular complexity index is 803. The van der Waals surface area contributed by atoms with Crippen LogP contribution in [-0.2, 0) is 0 Å². The molecule has 3 heteroatoms. The minimum absolute atomic E-state index is 0.479. The summed E-state index contributed by atoms with van der Waals surface area (Å²) in [6.45, 7) is 5.96. The molecule has 0 unspecified atom stereocenters. The second-order valence-corrected chi connectivity index (χ2v) is 6.13. The van der Waals surface area contributed by atoms with E-state index in [9.17, 15) is 0 Å². The molecule has 124 valence electrons. The van der Waals surface area contributed by atoms with Gasteiger partial charge >= 0.3 is 0 Å². The molecule has 0 aromatic heterocycles. The SMILES string of the molecule is C=C/C=c1/cc(-c2ccccc2)cc(NC2CCNCC2)/c1=C/N. The van der Waals surface area contributed by atoms with E-state index in [1.54, 1.807) is 6.20 Å². The second kappa shape index (κ2) is 7.84. The number of allylic oxidation sites excluding steroid dienone is 1. The van der Waals surface area contributed by atoms with Crippen molar-refractivity contribution < 1.29 is 0 Å². The topological polar surface area (TPSA) is 50.1 Å². The highest BCUT2D eigenvalue weighted by molar-refractivity contribution is 5.70. The highest BCUT2D eigenvalue weighted by Gasteiger charge is 2.13. The first-order chi connectivity index (χ1) is 11.8. The number of rotatable bonds is 4. The zero-order valence-corrected chi connectivity index (χ0v) is 14.0. The Morgan fingerprint density at radius 1 is 1.08 bits per heavy atom. The summed E-state index contributed by atoms with van der Waals surface area (Å²) in [5, 5.41) is 9.23. The maximum Gasteiger partial charge on any atom is 0.0442 e. The molecule has 4 N–H and O–H groups in total. The van der Waals surface area contributed by atoms with Crippen LogP contribution in [0.1, 0.15) is 12.8 Å². The summed E-state index contributed by atoms with van der Waals surface area (Å²) in [7, 11) is 0. The highest BCUT2D eigenvalue weighted by Crippen LogP contribution is 2.20. The molecule has 1 aliphatic heterocycles. The van der Waals surface area contributed by atoms with Gasteiger partial charge in [-0.3, -0.25) is 0 Å². The lowest BCUT2D eigenvalue weighted by Crippen LogP contribution is -2.38. The average Bonchev–Trinajstić information content (AvgIpc) is 2.63. The maximum absolute atomic E-state index is 5.94. The van der Waals surface area contributed by atoms with Crippen molar-refractivity contribution in [3.05, 3.63) is 65.6 Å². The van der Waals surface area contributed by atoms with Gasteiger partial charge in [-0.05, 0) is 54.4 Å². The first-order valence-corrected chi connectivity index (χ1v) is 8.53. The number of nitrogens with one attached hydrogen (secondary N) is 2. The molecular formula is C21H25N3. The van der Waals surface area contributed by atoms with Gasteiger partial charge in [-0.25, -0.2) is 0 Å². The summed E-state index contributed by atoms with van der Waals surface area (Å²) in [5.74, 6) is 0. The molecular weight excluding hydrogens is 294 g/mol. The van der Waals surface area contributed by atoms with Crippen molar-refractivity contribution in [1.29, 1.82) is 0 Å². The Morgan fingerprint density at radius 3 is 2.50 bits per heavy atom. The van der Waals surface area contributed by atoms with Crippen LogP contribution in [0.4, 0.5) is 5.69 Å². The van der Waals surface area contributed by atoms with Crippen LogP contribution in [0, 0.1) is 0 Å². The number of hydrogen-bond acceptors (Lipinski definition) is 3. The molecule has 1 saturated heterocycles. The lowest BCUT2D eigenvalue weighted by Gasteiger charge is -2.25. The first-order valence-electron chi connectivity index (χ1n) is 8.53. The average molecular weight is 319 g/mol. The predicted octanol–water partition coefficient (Wildman–Crippen LogP) is 2.18. The molecule has 0 bridgehead atoms. The van der Waals surface area contributed by atoms with E-state index in [-0.39, 0.29) is 0 Å². The van der Waals surface area contributed by atoms with Gasteiger partial charge in [-0.2, -0.15) is 0 Å². The van der Waals surface area contributed by atoms with E-state index in [0.29, 0.717) is 6.04 Å². The summed E-state index contributed by atoms with van der Waals surface area (Å²) >= 11 is 0. The lowest BCUT2D eigenvalue weighted by atomic mass is 10.0. The largest absolute Gasteiger partial charge is 0.404 e. The van der Waals surface area contributed by atoms with Crippen LogP contribution in [0.15, 0.2) is 55.1 Å². The van der Waals surface area contributed by atoms with Gasteiger partial charge in [0.1, 0.15) is 0 Å². The molecule has 0 saturated carbocycles. The first kappa shape index (κ1) is 16.3. The van der Waals surface area contributed by atoms with Crippen LogP contribution in [0.3, 0.4) is 0 Å². The summed E-state index contributed by atoms with van der Waals surface area (Å²) in [4.78, 5) is 0. The number of nitrogens with two attached hydrogens (primary N) is 1. The second-order valence-electron chi connectivity index (χ2n) is 6.13. The van der Waals surface area contributed by atoms with E-state index in [4.69, 9.17) is 5.73 Å². The Kier molecular flexibility index (Phi) is 5.34. The molecule has 2 aromatic carbocycles. The standard InChI is InChI=1S/C21H25N3/c1-2-6-17-13-18(16-7-4-3-5-8-16)14-21(20(17)15-22)24-19-9-11-23-12-10-19/h2-8,13-15,19,23-24H,1,9-12,22H2/b17-6-,20-15+. The number of anilines is 1. The van der Waals surface area contributed by atoms with Gasteiger partial charge in [-0.15, -0.1) is 0 Å². The summed E-state index contributed by atoms with van der Waals surface area (Å²) < 4.78 is 0. The number of piperidine rings is 1. The van der Waals surface area contributed by atoms with E-state index in [1.165, 1.54) is 11.1 Å². The van der Waals surface area contributed by atoms with Gasteiger partial charge in [0, 0.05) is 23.1 Å². The number of benzene rings is 2. The zero-order chi connectivity index (χ0) is 16.8. The lowest BCUT2D eigenvalue weighted by molar-refractivity contribution is 0.479.